The average Bonchev–Trinajstić information content (AvgIpc) is 3.13. The van der Waals surface area contributed by atoms with E-state index in [1.165, 1.54) is 0 Å². The van der Waals surface area contributed by atoms with Crippen molar-refractivity contribution in [2.75, 3.05) is 13.1 Å². The van der Waals surface area contributed by atoms with Crippen LogP contribution in [0.5, 0.6) is 0 Å². The molecule has 0 radical (unpaired) electrons. The predicted molar refractivity (Wildman–Crippen MR) is 67.5 cm³/mol. The van der Waals surface area contributed by atoms with Gasteiger partial charge in [0.25, 0.3) is 0 Å². The number of carbonyl (C=O) groups is 1. The number of amides is 1. The van der Waals surface area contributed by atoms with E-state index >= 15 is 0 Å². The van der Waals surface area contributed by atoms with E-state index in [2.05, 4.69) is 5.32 Å². The summed E-state index contributed by atoms with van der Waals surface area (Å²) in [7, 11) is -3.04. The second-order valence-electron chi connectivity index (χ2n) is 5.83. The quantitative estimate of drug-likeness (QED) is 0.801. The van der Waals surface area contributed by atoms with Gasteiger partial charge in [-0.25, -0.2) is 12.7 Å². The van der Waals surface area contributed by atoms with Crippen molar-refractivity contribution in [2.45, 2.75) is 55.7 Å². The fourth-order valence-corrected chi connectivity index (χ4v) is 4.97. The van der Waals surface area contributed by atoms with Crippen LogP contribution in [0.25, 0.3) is 0 Å². The zero-order valence-corrected chi connectivity index (χ0v) is 11.3. The summed E-state index contributed by atoms with van der Waals surface area (Å²) in [6, 6.07) is 0. The van der Waals surface area contributed by atoms with Crippen LogP contribution in [0.2, 0.25) is 0 Å². The summed E-state index contributed by atoms with van der Waals surface area (Å²) in [6.45, 7) is 1.14. The third kappa shape index (κ3) is 2.16. The SMILES string of the molecule is O=C1CCCC2(CCN(S(=O)(=O)C3CC3)CC2)N1. The lowest BCUT2D eigenvalue weighted by molar-refractivity contribution is -0.125. The van der Waals surface area contributed by atoms with E-state index in [-0.39, 0.29) is 16.7 Å². The minimum absolute atomic E-state index is 0.118. The standard InChI is InChI=1S/C12H20N2O3S/c15-11-2-1-5-12(13-11)6-8-14(9-7-12)18(16,17)10-3-4-10/h10H,1-9H2,(H,13,15). The summed E-state index contributed by atoms with van der Waals surface area (Å²) in [5.41, 5.74) is -0.120. The van der Waals surface area contributed by atoms with E-state index in [4.69, 9.17) is 0 Å². The first-order valence-corrected chi connectivity index (χ1v) is 8.32. The lowest BCUT2D eigenvalue weighted by atomic mass is 9.81. The van der Waals surface area contributed by atoms with Gasteiger partial charge < -0.3 is 5.32 Å². The van der Waals surface area contributed by atoms with Crippen molar-refractivity contribution in [2.24, 2.45) is 0 Å². The van der Waals surface area contributed by atoms with E-state index in [1.54, 1.807) is 4.31 Å². The van der Waals surface area contributed by atoms with Crippen LogP contribution in [0.15, 0.2) is 0 Å². The van der Waals surface area contributed by atoms with Gasteiger partial charge in [0, 0.05) is 25.0 Å². The zero-order valence-electron chi connectivity index (χ0n) is 10.5. The number of hydrogen-bond acceptors (Lipinski definition) is 3. The molecule has 1 amide bonds. The lowest BCUT2D eigenvalue weighted by Gasteiger charge is -2.44. The van der Waals surface area contributed by atoms with Crippen molar-refractivity contribution in [3.05, 3.63) is 0 Å². The van der Waals surface area contributed by atoms with Crippen LogP contribution in [0.4, 0.5) is 0 Å². The van der Waals surface area contributed by atoms with E-state index in [0.717, 1.165) is 38.5 Å². The molecule has 0 aromatic carbocycles. The van der Waals surface area contributed by atoms with Gasteiger partial charge in [0.2, 0.25) is 15.9 Å². The van der Waals surface area contributed by atoms with Gasteiger partial charge in [-0.3, -0.25) is 4.79 Å². The number of sulfonamides is 1. The average molecular weight is 272 g/mol. The fourth-order valence-electron chi connectivity index (χ4n) is 3.13. The second kappa shape index (κ2) is 4.20. The lowest BCUT2D eigenvalue weighted by Crippen LogP contribution is -2.58. The Labute approximate surface area is 108 Å². The van der Waals surface area contributed by atoms with Crippen molar-refractivity contribution in [3.8, 4) is 0 Å². The molecule has 3 rings (SSSR count). The Bertz CT molecular complexity index is 448. The largest absolute Gasteiger partial charge is 0.351 e. The van der Waals surface area contributed by atoms with E-state index in [0.29, 0.717) is 19.5 Å². The molecule has 3 aliphatic rings. The molecule has 0 aromatic heterocycles. The zero-order chi connectivity index (χ0) is 12.8. The molecule has 0 atom stereocenters. The Kier molecular flexibility index (Phi) is 2.90. The molecular weight excluding hydrogens is 252 g/mol. The number of rotatable bonds is 2. The summed E-state index contributed by atoms with van der Waals surface area (Å²) in [4.78, 5) is 11.5. The van der Waals surface area contributed by atoms with Crippen molar-refractivity contribution in [3.63, 3.8) is 0 Å². The van der Waals surface area contributed by atoms with Crippen LogP contribution in [0.1, 0.15) is 44.9 Å². The van der Waals surface area contributed by atoms with E-state index < -0.39 is 10.0 Å². The van der Waals surface area contributed by atoms with Gasteiger partial charge in [0.1, 0.15) is 0 Å². The monoisotopic (exact) mass is 272 g/mol. The highest BCUT2D eigenvalue weighted by atomic mass is 32.2. The van der Waals surface area contributed by atoms with Gasteiger partial charge >= 0.3 is 0 Å². The third-order valence-corrected chi connectivity index (χ3v) is 6.85. The Morgan fingerprint density at radius 1 is 1.17 bits per heavy atom. The van der Waals surface area contributed by atoms with Gasteiger partial charge in [-0.15, -0.1) is 0 Å². The molecule has 2 aliphatic heterocycles. The number of carbonyl (C=O) groups excluding carboxylic acids is 1. The highest BCUT2D eigenvalue weighted by Crippen LogP contribution is 2.36. The molecule has 2 heterocycles. The highest BCUT2D eigenvalue weighted by molar-refractivity contribution is 7.90. The molecule has 5 nitrogen and oxygen atoms in total. The Morgan fingerprint density at radius 2 is 1.83 bits per heavy atom. The summed E-state index contributed by atoms with van der Waals surface area (Å²) < 4.78 is 25.9. The van der Waals surface area contributed by atoms with Crippen LogP contribution in [0, 0.1) is 0 Å². The molecule has 0 aromatic rings. The Balaban J connectivity index is 1.65. The summed E-state index contributed by atoms with van der Waals surface area (Å²) in [6.07, 6.45) is 5.72. The van der Waals surface area contributed by atoms with Crippen LogP contribution >= 0.6 is 0 Å². The number of nitrogens with zero attached hydrogens (tertiary/aromatic N) is 1. The van der Waals surface area contributed by atoms with Crippen molar-refractivity contribution < 1.29 is 13.2 Å². The van der Waals surface area contributed by atoms with E-state index in [9.17, 15) is 13.2 Å². The molecule has 0 unspecified atom stereocenters. The Morgan fingerprint density at radius 3 is 2.39 bits per heavy atom. The third-order valence-electron chi connectivity index (χ3n) is 4.45. The van der Waals surface area contributed by atoms with Gasteiger partial charge in [0.15, 0.2) is 0 Å². The van der Waals surface area contributed by atoms with Crippen LogP contribution in [-0.2, 0) is 14.8 Å². The topological polar surface area (TPSA) is 66.5 Å². The normalized spacial score (nSPS) is 29.2. The molecule has 1 spiro atoms. The molecule has 102 valence electrons. The van der Waals surface area contributed by atoms with Gasteiger partial charge in [-0.2, -0.15) is 0 Å². The van der Waals surface area contributed by atoms with Gasteiger partial charge in [-0.1, -0.05) is 0 Å². The van der Waals surface area contributed by atoms with Crippen molar-refractivity contribution in [1.29, 1.82) is 0 Å². The number of nitrogens with one attached hydrogen (secondary N) is 1. The minimum atomic E-state index is -3.04. The Hall–Kier alpha value is -0.620. The fraction of sp³-hybridized carbons (Fsp3) is 0.917. The smallest absolute Gasteiger partial charge is 0.220 e. The van der Waals surface area contributed by atoms with Crippen molar-refractivity contribution in [1.82, 2.24) is 9.62 Å². The molecule has 6 heteroatoms. The minimum Gasteiger partial charge on any atom is -0.351 e. The van der Waals surface area contributed by atoms with Gasteiger partial charge in [-0.05, 0) is 38.5 Å². The number of piperidine rings is 2. The molecule has 2 saturated heterocycles. The summed E-state index contributed by atoms with van der Waals surface area (Å²) >= 11 is 0. The van der Waals surface area contributed by atoms with Crippen LogP contribution in [0.3, 0.4) is 0 Å². The van der Waals surface area contributed by atoms with Crippen LogP contribution < -0.4 is 5.32 Å². The maximum Gasteiger partial charge on any atom is 0.220 e. The summed E-state index contributed by atoms with van der Waals surface area (Å²) in [5, 5.41) is 2.97. The molecule has 0 bridgehead atoms. The molecular formula is C12H20N2O3S. The first-order chi connectivity index (χ1) is 8.52. The van der Waals surface area contributed by atoms with E-state index in [1.807, 2.05) is 0 Å². The first kappa shape index (κ1) is 12.4. The predicted octanol–water partition coefficient (Wildman–Crippen LogP) is 0.613. The van der Waals surface area contributed by atoms with Crippen molar-refractivity contribution >= 4 is 15.9 Å². The maximum absolute atomic E-state index is 12.1. The summed E-state index contributed by atoms with van der Waals surface area (Å²) in [5.74, 6) is 0.125. The molecule has 18 heavy (non-hydrogen) atoms. The maximum atomic E-state index is 12.1. The molecule has 3 fully saturated rings. The highest BCUT2D eigenvalue weighted by Gasteiger charge is 2.45. The first-order valence-electron chi connectivity index (χ1n) is 6.82. The van der Waals surface area contributed by atoms with Crippen LogP contribution in [-0.4, -0.2) is 42.5 Å². The molecule has 1 N–H and O–H groups in total. The molecule has 1 aliphatic carbocycles. The second-order valence-corrected chi connectivity index (χ2v) is 8.04. The molecule has 1 saturated carbocycles. The number of hydrogen-bond donors (Lipinski definition) is 1. The van der Waals surface area contributed by atoms with Gasteiger partial charge in [0.05, 0.1) is 5.25 Å².